The Labute approximate surface area is 99.4 Å². The maximum absolute atomic E-state index is 8.92. The van der Waals surface area contributed by atoms with Crippen molar-refractivity contribution in [3.8, 4) is 6.07 Å². The molecule has 1 unspecified atom stereocenters. The molecule has 1 aromatic carbocycles. The minimum atomic E-state index is 0.0233. The standard InChI is InChI=1S/C13H13N3O/c14-8-10-4-5-11-9-15-16(12(11)7-10)13-3-1-2-6-17-13/h4-5,7,9,13H,1-3,6H2. The second-order valence-electron chi connectivity index (χ2n) is 4.30. The summed E-state index contributed by atoms with van der Waals surface area (Å²) < 4.78 is 7.62. The highest BCUT2D eigenvalue weighted by Crippen LogP contribution is 2.26. The van der Waals surface area contributed by atoms with Gasteiger partial charge in [-0.2, -0.15) is 10.4 Å². The molecule has 2 heterocycles. The fourth-order valence-corrected chi connectivity index (χ4v) is 2.25. The van der Waals surface area contributed by atoms with Crippen molar-refractivity contribution in [2.75, 3.05) is 6.61 Å². The fourth-order valence-electron chi connectivity index (χ4n) is 2.25. The Morgan fingerprint density at radius 1 is 1.41 bits per heavy atom. The van der Waals surface area contributed by atoms with Crippen LogP contribution in [0.5, 0.6) is 0 Å². The lowest BCUT2D eigenvalue weighted by atomic mass is 10.1. The van der Waals surface area contributed by atoms with E-state index in [1.54, 1.807) is 0 Å². The maximum atomic E-state index is 8.92. The minimum absolute atomic E-state index is 0.0233. The smallest absolute Gasteiger partial charge is 0.150 e. The van der Waals surface area contributed by atoms with Crippen molar-refractivity contribution in [2.24, 2.45) is 0 Å². The molecule has 4 nitrogen and oxygen atoms in total. The third-order valence-corrected chi connectivity index (χ3v) is 3.16. The Hall–Kier alpha value is -1.86. The van der Waals surface area contributed by atoms with Crippen molar-refractivity contribution < 1.29 is 4.74 Å². The average Bonchev–Trinajstić information content (AvgIpc) is 2.82. The van der Waals surface area contributed by atoms with Gasteiger partial charge in [0, 0.05) is 12.0 Å². The minimum Gasteiger partial charge on any atom is -0.356 e. The molecule has 2 aromatic rings. The van der Waals surface area contributed by atoms with Crippen LogP contribution in [0, 0.1) is 11.3 Å². The third kappa shape index (κ3) is 1.79. The molecule has 0 aliphatic carbocycles. The molecular weight excluding hydrogens is 214 g/mol. The summed E-state index contributed by atoms with van der Waals surface area (Å²) in [4.78, 5) is 0. The Morgan fingerprint density at radius 2 is 2.35 bits per heavy atom. The summed E-state index contributed by atoms with van der Waals surface area (Å²) in [5.74, 6) is 0. The largest absolute Gasteiger partial charge is 0.356 e. The molecule has 17 heavy (non-hydrogen) atoms. The van der Waals surface area contributed by atoms with Crippen LogP contribution in [-0.4, -0.2) is 16.4 Å². The predicted octanol–water partition coefficient (Wildman–Crippen LogP) is 2.61. The van der Waals surface area contributed by atoms with Crippen molar-refractivity contribution in [2.45, 2.75) is 25.5 Å². The number of fused-ring (bicyclic) bond motifs is 1. The predicted molar refractivity (Wildman–Crippen MR) is 63.3 cm³/mol. The van der Waals surface area contributed by atoms with E-state index in [9.17, 15) is 0 Å². The van der Waals surface area contributed by atoms with Crippen LogP contribution < -0.4 is 0 Å². The van der Waals surface area contributed by atoms with E-state index in [-0.39, 0.29) is 6.23 Å². The SMILES string of the molecule is N#Cc1ccc2cnn(C3CCCCO3)c2c1. The number of benzene rings is 1. The second-order valence-corrected chi connectivity index (χ2v) is 4.30. The van der Waals surface area contributed by atoms with Gasteiger partial charge in [0.05, 0.1) is 23.3 Å². The van der Waals surface area contributed by atoms with Crippen LogP contribution in [0.25, 0.3) is 10.9 Å². The van der Waals surface area contributed by atoms with Gasteiger partial charge in [-0.1, -0.05) is 0 Å². The molecule has 4 heteroatoms. The summed E-state index contributed by atoms with van der Waals surface area (Å²) >= 11 is 0. The molecule has 0 radical (unpaired) electrons. The molecule has 0 N–H and O–H groups in total. The number of rotatable bonds is 1. The second kappa shape index (κ2) is 4.19. The highest BCUT2D eigenvalue weighted by molar-refractivity contribution is 5.80. The van der Waals surface area contributed by atoms with Crippen molar-refractivity contribution in [1.82, 2.24) is 9.78 Å². The Morgan fingerprint density at radius 3 is 3.12 bits per heavy atom. The van der Waals surface area contributed by atoms with E-state index in [0.29, 0.717) is 5.56 Å². The van der Waals surface area contributed by atoms with E-state index in [2.05, 4.69) is 11.2 Å². The lowest BCUT2D eigenvalue weighted by Gasteiger charge is -2.23. The van der Waals surface area contributed by atoms with Gasteiger partial charge in [-0.25, -0.2) is 4.68 Å². The summed E-state index contributed by atoms with van der Waals surface area (Å²) in [6.45, 7) is 0.796. The number of hydrogen-bond acceptors (Lipinski definition) is 3. The highest BCUT2D eigenvalue weighted by Gasteiger charge is 2.18. The molecule has 86 valence electrons. The molecular formula is C13H13N3O. The van der Waals surface area contributed by atoms with Crippen LogP contribution in [-0.2, 0) is 4.74 Å². The van der Waals surface area contributed by atoms with Crippen molar-refractivity contribution in [3.63, 3.8) is 0 Å². The molecule has 0 bridgehead atoms. The van der Waals surface area contributed by atoms with Gasteiger partial charge in [0.1, 0.15) is 0 Å². The van der Waals surface area contributed by atoms with Gasteiger partial charge in [0.15, 0.2) is 6.23 Å². The van der Waals surface area contributed by atoms with Crippen LogP contribution in [0.3, 0.4) is 0 Å². The van der Waals surface area contributed by atoms with Crippen molar-refractivity contribution in [3.05, 3.63) is 30.0 Å². The maximum Gasteiger partial charge on any atom is 0.150 e. The summed E-state index contributed by atoms with van der Waals surface area (Å²) in [5, 5.41) is 14.4. The van der Waals surface area contributed by atoms with Gasteiger partial charge < -0.3 is 4.74 Å². The molecule has 1 aliphatic heterocycles. The van der Waals surface area contributed by atoms with Crippen LogP contribution in [0.1, 0.15) is 31.1 Å². The lowest BCUT2D eigenvalue weighted by Crippen LogP contribution is -2.18. The number of nitriles is 1. The fraction of sp³-hybridized carbons (Fsp3) is 0.385. The first kappa shape index (κ1) is 10.3. The normalized spacial score (nSPS) is 20.3. The Kier molecular flexibility index (Phi) is 2.54. The van der Waals surface area contributed by atoms with E-state index in [1.807, 2.05) is 29.1 Å². The first-order valence-electron chi connectivity index (χ1n) is 5.87. The van der Waals surface area contributed by atoms with Gasteiger partial charge in [0.2, 0.25) is 0 Å². The number of ether oxygens (including phenoxy) is 1. The van der Waals surface area contributed by atoms with Crippen LogP contribution in [0.4, 0.5) is 0 Å². The van der Waals surface area contributed by atoms with E-state index in [4.69, 9.17) is 10.00 Å². The molecule has 1 fully saturated rings. The summed E-state index contributed by atoms with van der Waals surface area (Å²) in [5.41, 5.74) is 1.64. The Balaban J connectivity index is 2.06. The first-order valence-corrected chi connectivity index (χ1v) is 5.87. The lowest BCUT2D eigenvalue weighted by molar-refractivity contribution is -0.0366. The van der Waals surface area contributed by atoms with Crippen LogP contribution in [0.15, 0.2) is 24.4 Å². The zero-order valence-electron chi connectivity index (χ0n) is 9.47. The van der Waals surface area contributed by atoms with Gasteiger partial charge >= 0.3 is 0 Å². The molecule has 0 amide bonds. The molecule has 0 spiro atoms. The van der Waals surface area contributed by atoms with Crippen molar-refractivity contribution >= 4 is 10.9 Å². The van der Waals surface area contributed by atoms with Crippen LogP contribution in [0.2, 0.25) is 0 Å². The molecule has 3 rings (SSSR count). The van der Waals surface area contributed by atoms with E-state index in [0.717, 1.165) is 30.4 Å². The first-order chi connectivity index (χ1) is 8.38. The zero-order chi connectivity index (χ0) is 11.7. The summed E-state index contributed by atoms with van der Waals surface area (Å²) in [6, 6.07) is 7.78. The molecule has 1 aliphatic rings. The number of nitrogens with zero attached hydrogens (tertiary/aromatic N) is 3. The van der Waals surface area contributed by atoms with Gasteiger partial charge in [-0.05, 0) is 37.5 Å². The van der Waals surface area contributed by atoms with Crippen LogP contribution >= 0.6 is 0 Å². The highest BCUT2D eigenvalue weighted by atomic mass is 16.5. The zero-order valence-corrected chi connectivity index (χ0v) is 9.47. The van der Waals surface area contributed by atoms with Gasteiger partial charge in [-0.3, -0.25) is 0 Å². The third-order valence-electron chi connectivity index (χ3n) is 3.16. The van der Waals surface area contributed by atoms with Crippen molar-refractivity contribution in [1.29, 1.82) is 5.26 Å². The van der Waals surface area contributed by atoms with E-state index in [1.165, 1.54) is 6.42 Å². The molecule has 1 saturated heterocycles. The molecule has 1 atom stereocenters. The van der Waals surface area contributed by atoms with E-state index < -0.39 is 0 Å². The topological polar surface area (TPSA) is 50.8 Å². The van der Waals surface area contributed by atoms with E-state index >= 15 is 0 Å². The number of aromatic nitrogens is 2. The molecule has 1 aromatic heterocycles. The summed E-state index contributed by atoms with van der Waals surface area (Å²) in [7, 11) is 0. The molecule has 0 saturated carbocycles. The average molecular weight is 227 g/mol. The van der Waals surface area contributed by atoms with Gasteiger partial charge in [-0.15, -0.1) is 0 Å². The Bertz CT molecular complexity index is 576. The summed E-state index contributed by atoms with van der Waals surface area (Å²) in [6.07, 6.45) is 5.14. The van der Waals surface area contributed by atoms with Gasteiger partial charge in [0.25, 0.3) is 0 Å². The number of hydrogen-bond donors (Lipinski definition) is 0. The quantitative estimate of drug-likeness (QED) is 0.752. The monoisotopic (exact) mass is 227 g/mol.